The molecule has 0 N–H and O–H groups in total. The average molecular weight is 379 g/mol. The Morgan fingerprint density at radius 3 is 2.36 bits per heavy atom. The van der Waals surface area contributed by atoms with Gasteiger partial charge in [-0.1, -0.05) is 41.4 Å². The Labute approximate surface area is 157 Å². The molecule has 1 amide bonds. The van der Waals surface area contributed by atoms with Gasteiger partial charge in [0.05, 0.1) is 5.02 Å². The molecule has 132 valence electrons. The fourth-order valence-corrected chi connectivity index (χ4v) is 3.35. The Morgan fingerprint density at radius 1 is 1.04 bits per heavy atom. The third-order valence-electron chi connectivity index (χ3n) is 4.26. The van der Waals surface area contributed by atoms with Crippen molar-refractivity contribution in [3.63, 3.8) is 0 Å². The van der Waals surface area contributed by atoms with Crippen LogP contribution in [-0.2, 0) is 4.79 Å². The van der Waals surface area contributed by atoms with Gasteiger partial charge >= 0.3 is 0 Å². The van der Waals surface area contributed by atoms with E-state index in [1.807, 2.05) is 23.1 Å². The highest BCUT2D eigenvalue weighted by Gasteiger charge is 2.26. The highest BCUT2D eigenvalue weighted by molar-refractivity contribution is 6.35. The molecule has 1 atom stereocenters. The zero-order chi connectivity index (χ0) is 17.8. The Hall–Kier alpha value is -1.91. The summed E-state index contributed by atoms with van der Waals surface area (Å²) in [6.45, 7) is 4.72. The molecule has 25 heavy (non-hydrogen) atoms. The SMILES string of the molecule is C[C@@H](Oc1ccc(Cl)cc1Cl)C(=O)N1CCN(c2ccccc2)CC1. The number of carbonyl (C=O) groups excluding carboxylic acids is 1. The highest BCUT2D eigenvalue weighted by atomic mass is 35.5. The summed E-state index contributed by atoms with van der Waals surface area (Å²) < 4.78 is 5.73. The fraction of sp³-hybridized carbons (Fsp3) is 0.316. The maximum absolute atomic E-state index is 12.6. The van der Waals surface area contributed by atoms with Crippen LogP contribution in [0.3, 0.4) is 0 Å². The summed E-state index contributed by atoms with van der Waals surface area (Å²) in [7, 11) is 0. The van der Waals surface area contributed by atoms with Gasteiger partial charge in [-0.25, -0.2) is 0 Å². The molecular formula is C19H20Cl2N2O2. The Kier molecular flexibility index (Phi) is 5.71. The molecule has 2 aromatic carbocycles. The van der Waals surface area contributed by atoms with E-state index in [0.29, 0.717) is 28.9 Å². The summed E-state index contributed by atoms with van der Waals surface area (Å²) in [5.74, 6) is 0.438. The van der Waals surface area contributed by atoms with Crippen molar-refractivity contribution >= 4 is 34.8 Å². The molecule has 6 heteroatoms. The maximum Gasteiger partial charge on any atom is 0.263 e. The van der Waals surface area contributed by atoms with Gasteiger partial charge in [0.1, 0.15) is 5.75 Å². The third-order valence-corrected chi connectivity index (χ3v) is 4.79. The zero-order valence-electron chi connectivity index (χ0n) is 14.0. The topological polar surface area (TPSA) is 32.8 Å². The molecule has 1 aliphatic rings. The van der Waals surface area contributed by atoms with E-state index in [1.165, 1.54) is 5.69 Å². The molecular weight excluding hydrogens is 359 g/mol. The van der Waals surface area contributed by atoms with Crippen molar-refractivity contribution in [2.24, 2.45) is 0 Å². The second-order valence-electron chi connectivity index (χ2n) is 5.98. The molecule has 4 nitrogen and oxygen atoms in total. The van der Waals surface area contributed by atoms with Gasteiger partial charge in [0.15, 0.2) is 6.10 Å². The Bertz CT molecular complexity index is 731. The van der Waals surface area contributed by atoms with Crippen molar-refractivity contribution < 1.29 is 9.53 Å². The number of benzene rings is 2. The number of hydrogen-bond acceptors (Lipinski definition) is 3. The Balaban J connectivity index is 1.56. The summed E-state index contributed by atoms with van der Waals surface area (Å²) >= 11 is 12.0. The highest BCUT2D eigenvalue weighted by Crippen LogP contribution is 2.28. The van der Waals surface area contributed by atoms with Crippen LogP contribution in [0, 0.1) is 0 Å². The first-order valence-electron chi connectivity index (χ1n) is 8.25. The molecule has 1 fully saturated rings. The van der Waals surface area contributed by atoms with Crippen LogP contribution in [0.2, 0.25) is 10.0 Å². The van der Waals surface area contributed by atoms with E-state index in [0.717, 1.165) is 13.1 Å². The second-order valence-corrected chi connectivity index (χ2v) is 6.83. The Morgan fingerprint density at radius 2 is 1.72 bits per heavy atom. The van der Waals surface area contributed by atoms with Crippen LogP contribution in [0.25, 0.3) is 0 Å². The van der Waals surface area contributed by atoms with Crippen molar-refractivity contribution in [2.45, 2.75) is 13.0 Å². The number of rotatable bonds is 4. The summed E-state index contributed by atoms with van der Waals surface area (Å²) in [5, 5.41) is 0.939. The molecule has 0 spiro atoms. The van der Waals surface area contributed by atoms with Crippen molar-refractivity contribution in [1.82, 2.24) is 4.90 Å². The first-order chi connectivity index (χ1) is 12.0. The van der Waals surface area contributed by atoms with Crippen LogP contribution in [0.4, 0.5) is 5.69 Å². The summed E-state index contributed by atoms with van der Waals surface area (Å²) in [5.41, 5.74) is 1.19. The van der Waals surface area contributed by atoms with Gasteiger partial charge in [0.25, 0.3) is 5.91 Å². The smallest absolute Gasteiger partial charge is 0.263 e. The molecule has 1 heterocycles. The van der Waals surface area contributed by atoms with Crippen LogP contribution in [0.5, 0.6) is 5.75 Å². The van der Waals surface area contributed by atoms with Gasteiger partial charge < -0.3 is 14.5 Å². The van der Waals surface area contributed by atoms with E-state index in [1.54, 1.807) is 25.1 Å². The van der Waals surface area contributed by atoms with Crippen LogP contribution in [-0.4, -0.2) is 43.1 Å². The van der Waals surface area contributed by atoms with Gasteiger partial charge in [0.2, 0.25) is 0 Å². The van der Waals surface area contributed by atoms with Crippen LogP contribution in [0.1, 0.15) is 6.92 Å². The minimum atomic E-state index is -0.595. The van der Waals surface area contributed by atoms with Gasteiger partial charge in [-0.3, -0.25) is 4.79 Å². The quantitative estimate of drug-likeness (QED) is 0.802. The predicted molar refractivity (Wildman–Crippen MR) is 102 cm³/mol. The number of piperazine rings is 1. The monoisotopic (exact) mass is 378 g/mol. The standard InChI is InChI=1S/C19H20Cl2N2O2/c1-14(25-18-8-7-15(20)13-17(18)21)19(24)23-11-9-22(10-12-23)16-5-3-2-4-6-16/h2-8,13-14H,9-12H2,1H3/t14-/m1/s1. The van der Waals surface area contributed by atoms with Gasteiger partial charge in [-0.2, -0.15) is 0 Å². The number of para-hydroxylation sites is 1. The molecule has 0 aliphatic carbocycles. The van der Waals surface area contributed by atoms with Crippen molar-refractivity contribution in [1.29, 1.82) is 0 Å². The number of halogens is 2. The van der Waals surface area contributed by atoms with Crippen molar-refractivity contribution in [3.05, 3.63) is 58.6 Å². The first-order valence-corrected chi connectivity index (χ1v) is 9.00. The lowest BCUT2D eigenvalue weighted by molar-refractivity contribution is -0.138. The largest absolute Gasteiger partial charge is 0.479 e. The number of carbonyl (C=O) groups is 1. The van der Waals surface area contributed by atoms with Crippen LogP contribution >= 0.6 is 23.2 Å². The van der Waals surface area contributed by atoms with Crippen molar-refractivity contribution in [2.75, 3.05) is 31.1 Å². The summed E-state index contributed by atoms with van der Waals surface area (Å²) in [6.07, 6.45) is -0.595. The van der Waals surface area contributed by atoms with Gasteiger partial charge in [-0.05, 0) is 37.3 Å². The van der Waals surface area contributed by atoms with Crippen molar-refractivity contribution in [3.8, 4) is 5.75 Å². The number of amides is 1. The van der Waals surface area contributed by atoms with Gasteiger partial charge in [-0.15, -0.1) is 0 Å². The molecule has 0 saturated carbocycles. The number of anilines is 1. The van der Waals surface area contributed by atoms with E-state index in [4.69, 9.17) is 27.9 Å². The molecule has 0 unspecified atom stereocenters. The van der Waals surface area contributed by atoms with Crippen LogP contribution < -0.4 is 9.64 Å². The van der Waals surface area contributed by atoms with E-state index >= 15 is 0 Å². The number of nitrogens with zero attached hydrogens (tertiary/aromatic N) is 2. The first kappa shape index (κ1) is 17.9. The molecule has 2 aromatic rings. The molecule has 3 rings (SSSR count). The van der Waals surface area contributed by atoms with Crippen LogP contribution in [0.15, 0.2) is 48.5 Å². The van der Waals surface area contributed by atoms with E-state index in [9.17, 15) is 4.79 Å². The number of ether oxygens (including phenoxy) is 1. The second kappa shape index (κ2) is 7.98. The van der Waals surface area contributed by atoms with E-state index in [2.05, 4.69) is 17.0 Å². The number of hydrogen-bond donors (Lipinski definition) is 0. The van der Waals surface area contributed by atoms with E-state index in [-0.39, 0.29) is 5.91 Å². The lowest BCUT2D eigenvalue weighted by Crippen LogP contribution is -2.52. The predicted octanol–water partition coefficient (Wildman–Crippen LogP) is 4.11. The molecule has 0 aromatic heterocycles. The maximum atomic E-state index is 12.6. The third kappa shape index (κ3) is 4.39. The summed E-state index contributed by atoms with van der Waals surface area (Å²) in [6, 6.07) is 15.2. The van der Waals surface area contributed by atoms with E-state index < -0.39 is 6.10 Å². The molecule has 1 aliphatic heterocycles. The molecule has 0 radical (unpaired) electrons. The fourth-order valence-electron chi connectivity index (χ4n) is 2.89. The molecule has 0 bridgehead atoms. The minimum Gasteiger partial charge on any atom is -0.479 e. The normalized spacial score (nSPS) is 15.8. The average Bonchev–Trinajstić information content (AvgIpc) is 2.64. The summed E-state index contributed by atoms with van der Waals surface area (Å²) in [4.78, 5) is 16.8. The van der Waals surface area contributed by atoms with Gasteiger partial charge in [0, 0.05) is 36.9 Å². The lowest BCUT2D eigenvalue weighted by Gasteiger charge is -2.37. The zero-order valence-corrected chi connectivity index (χ0v) is 15.5. The molecule has 1 saturated heterocycles. The minimum absolute atomic E-state index is 0.0290. The lowest BCUT2D eigenvalue weighted by atomic mass is 10.2.